The smallest absolute Gasteiger partial charge is 0.00684 e. The van der Waals surface area contributed by atoms with Crippen molar-refractivity contribution in [1.29, 1.82) is 0 Å². The van der Waals surface area contributed by atoms with E-state index in [0.717, 1.165) is 6.04 Å². The predicted octanol–water partition coefficient (Wildman–Crippen LogP) is 2.89. The SMILES string of the molecule is CCC(C)N(C)CC(C)(CC)CNC1CC1. The van der Waals surface area contributed by atoms with Crippen molar-refractivity contribution in [3.8, 4) is 0 Å². The molecular weight excluding hydrogens is 196 g/mol. The summed E-state index contributed by atoms with van der Waals surface area (Å²) >= 11 is 0. The van der Waals surface area contributed by atoms with Crippen molar-refractivity contribution in [3.63, 3.8) is 0 Å². The molecule has 0 bridgehead atoms. The summed E-state index contributed by atoms with van der Waals surface area (Å²) in [5, 5.41) is 3.68. The van der Waals surface area contributed by atoms with Gasteiger partial charge in [0.2, 0.25) is 0 Å². The van der Waals surface area contributed by atoms with Gasteiger partial charge in [-0.05, 0) is 45.1 Å². The Bertz CT molecular complexity index is 201. The third kappa shape index (κ3) is 4.42. The average Bonchev–Trinajstić information content (AvgIpc) is 3.09. The molecule has 1 saturated carbocycles. The van der Waals surface area contributed by atoms with Crippen molar-refractivity contribution in [1.82, 2.24) is 10.2 Å². The van der Waals surface area contributed by atoms with Gasteiger partial charge in [-0.15, -0.1) is 0 Å². The summed E-state index contributed by atoms with van der Waals surface area (Å²) in [5.74, 6) is 0. The first kappa shape index (κ1) is 14.0. The fourth-order valence-electron chi connectivity index (χ4n) is 2.04. The molecule has 0 aromatic heterocycles. The van der Waals surface area contributed by atoms with Crippen molar-refractivity contribution in [2.45, 2.75) is 65.5 Å². The second-order valence-corrected chi connectivity index (χ2v) is 5.99. The Balaban J connectivity index is 2.37. The number of rotatable bonds is 8. The highest BCUT2D eigenvalue weighted by Crippen LogP contribution is 2.25. The molecule has 0 amide bonds. The molecule has 96 valence electrons. The summed E-state index contributed by atoms with van der Waals surface area (Å²) in [4.78, 5) is 2.51. The molecule has 0 spiro atoms. The number of nitrogens with zero attached hydrogens (tertiary/aromatic N) is 1. The van der Waals surface area contributed by atoms with E-state index in [1.165, 1.54) is 38.8 Å². The summed E-state index contributed by atoms with van der Waals surface area (Å²) in [6.45, 7) is 11.7. The molecule has 0 saturated heterocycles. The minimum absolute atomic E-state index is 0.431. The molecule has 16 heavy (non-hydrogen) atoms. The monoisotopic (exact) mass is 226 g/mol. The summed E-state index contributed by atoms with van der Waals surface area (Å²) in [5.41, 5.74) is 0.431. The van der Waals surface area contributed by atoms with Gasteiger partial charge < -0.3 is 10.2 Å². The van der Waals surface area contributed by atoms with E-state index in [4.69, 9.17) is 0 Å². The van der Waals surface area contributed by atoms with Crippen molar-refractivity contribution in [2.24, 2.45) is 5.41 Å². The van der Waals surface area contributed by atoms with E-state index in [-0.39, 0.29) is 0 Å². The zero-order chi connectivity index (χ0) is 12.2. The maximum Gasteiger partial charge on any atom is 0.00684 e. The Labute approximate surface area is 102 Å². The van der Waals surface area contributed by atoms with Gasteiger partial charge in [0.15, 0.2) is 0 Å². The van der Waals surface area contributed by atoms with Crippen LogP contribution in [0.5, 0.6) is 0 Å². The Morgan fingerprint density at radius 2 is 2.00 bits per heavy atom. The Hall–Kier alpha value is -0.0800. The molecule has 2 unspecified atom stereocenters. The van der Waals surface area contributed by atoms with Crippen molar-refractivity contribution < 1.29 is 0 Å². The van der Waals surface area contributed by atoms with Gasteiger partial charge in [-0.25, -0.2) is 0 Å². The maximum absolute atomic E-state index is 3.68. The fraction of sp³-hybridized carbons (Fsp3) is 1.00. The first-order chi connectivity index (χ1) is 7.50. The molecule has 0 heterocycles. The summed E-state index contributed by atoms with van der Waals surface area (Å²) in [6, 6.07) is 1.53. The summed E-state index contributed by atoms with van der Waals surface area (Å²) < 4.78 is 0. The molecule has 1 aliphatic rings. The first-order valence-corrected chi connectivity index (χ1v) is 6.94. The Morgan fingerprint density at radius 3 is 2.44 bits per heavy atom. The van der Waals surface area contributed by atoms with Crippen LogP contribution in [0.4, 0.5) is 0 Å². The van der Waals surface area contributed by atoms with E-state index < -0.39 is 0 Å². The van der Waals surface area contributed by atoms with E-state index in [0.29, 0.717) is 11.5 Å². The van der Waals surface area contributed by atoms with E-state index in [1.807, 2.05) is 0 Å². The molecule has 0 radical (unpaired) electrons. The van der Waals surface area contributed by atoms with E-state index in [1.54, 1.807) is 0 Å². The number of hydrogen-bond donors (Lipinski definition) is 1. The normalized spacial score (nSPS) is 22.1. The van der Waals surface area contributed by atoms with Gasteiger partial charge in [-0.3, -0.25) is 0 Å². The molecule has 2 heteroatoms. The lowest BCUT2D eigenvalue weighted by atomic mass is 9.86. The third-order valence-corrected chi connectivity index (χ3v) is 4.22. The molecule has 0 aliphatic heterocycles. The highest BCUT2D eigenvalue weighted by Gasteiger charge is 2.28. The minimum Gasteiger partial charge on any atom is -0.313 e. The van der Waals surface area contributed by atoms with Crippen molar-refractivity contribution in [2.75, 3.05) is 20.1 Å². The number of hydrogen-bond acceptors (Lipinski definition) is 2. The summed E-state index contributed by atoms with van der Waals surface area (Å²) in [6.07, 6.45) is 5.28. The highest BCUT2D eigenvalue weighted by atomic mass is 15.1. The molecule has 1 N–H and O–H groups in total. The molecule has 1 fully saturated rings. The molecule has 1 aliphatic carbocycles. The number of nitrogens with one attached hydrogen (secondary N) is 1. The van der Waals surface area contributed by atoms with Crippen LogP contribution >= 0.6 is 0 Å². The van der Waals surface area contributed by atoms with E-state index in [9.17, 15) is 0 Å². The van der Waals surface area contributed by atoms with E-state index >= 15 is 0 Å². The molecule has 0 aromatic carbocycles. The lowest BCUT2D eigenvalue weighted by Crippen LogP contribution is -2.43. The van der Waals surface area contributed by atoms with Gasteiger partial charge >= 0.3 is 0 Å². The molecular formula is C14H30N2. The van der Waals surface area contributed by atoms with Crippen LogP contribution in [0, 0.1) is 5.41 Å². The zero-order valence-corrected chi connectivity index (χ0v) is 11.8. The van der Waals surface area contributed by atoms with Crippen LogP contribution in [0.15, 0.2) is 0 Å². The minimum atomic E-state index is 0.431. The van der Waals surface area contributed by atoms with Gasteiger partial charge in [-0.1, -0.05) is 20.8 Å². The quantitative estimate of drug-likeness (QED) is 0.684. The molecule has 1 rings (SSSR count). The van der Waals surface area contributed by atoms with Crippen LogP contribution in [0.25, 0.3) is 0 Å². The zero-order valence-electron chi connectivity index (χ0n) is 11.8. The maximum atomic E-state index is 3.68. The second-order valence-electron chi connectivity index (χ2n) is 5.99. The lowest BCUT2D eigenvalue weighted by Gasteiger charge is -2.36. The summed E-state index contributed by atoms with van der Waals surface area (Å²) in [7, 11) is 2.26. The van der Waals surface area contributed by atoms with Crippen LogP contribution in [0.2, 0.25) is 0 Å². The first-order valence-electron chi connectivity index (χ1n) is 6.94. The van der Waals surface area contributed by atoms with Gasteiger partial charge in [0.1, 0.15) is 0 Å². The molecule has 2 nitrogen and oxygen atoms in total. The van der Waals surface area contributed by atoms with Gasteiger partial charge in [0.05, 0.1) is 0 Å². The van der Waals surface area contributed by atoms with Gasteiger partial charge in [0.25, 0.3) is 0 Å². The predicted molar refractivity (Wildman–Crippen MR) is 71.8 cm³/mol. The van der Waals surface area contributed by atoms with E-state index in [2.05, 4.69) is 45.0 Å². The van der Waals surface area contributed by atoms with Crippen LogP contribution in [0.1, 0.15) is 53.4 Å². The largest absolute Gasteiger partial charge is 0.313 e. The van der Waals surface area contributed by atoms with Crippen LogP contribution in [-0.2, 0) is 0 Å². The highest BCUT2D eigenvalue weighted by molar-refractivity contribution is 4.86. The molecule has 0 aromatic rings. The lowest BCUT2D eigenvalue weighted by molar-refractivity contribution is 0.144. The fourth-order valence-corrected chi connectivity index (χ4v) is 2.04. The van der Waals surface area contributed by atoms with Crippen LogP contribution in [0.3, 0.4) is 0 Å². The van der Waals surface area contributed by atoms with Gasteiger partial charge in [0, 0.05) is 25.2 Å². The van der Waals surface area contributed by atoms with Crippen molar-refractivity contribution >= 4 is 0 Å². The standard InChI is InChI=1S/C14H30N2/c1-6-12(3)16(5)11-14(4,7-2)10-15-13-8-9-13/h12-13,15H,6-11H2,1-5H3. The van der Waals surface area contributed by atoms with Crippen LogP contribution < -0.4 is 5.32 Å². The van der Waals surface area contributed by atoms with Crippen LogP contribution in [-0.4, -0.2) is 37.1 Å². The topological polar surface area (TPSA) is 15.3 Å². The third-order valence-electron chi connectivity index (χ3n) is 4.22. The molecule has 2 atom stereocenters. The van der Waals surface area contributed by atoms with Crippen molar-refractivity contribution in [3.05, 3.63) is 0 Å². The van der Waals surface area contributed by atoms with Gasteiger partial charge in [-0.2, -0.15) is 0 Å². The Morgan fingerprint density at radius 1 is 1.38 bits per heavy atom. The second kappa shape index (κ2) is 6.02. The average molecular weight is 226 g/mol. The Kier molecular flexibility index (Phi) is 5.26.